The second-order valence-corrected chi connectivity index (χ2v) is 5.77. The minimum absolute atomic E-state index is 0.0769. The summed E-state index contributed by atoms with van der Waals surface area (Å²) in [5, 5.41) is 2.32. The van der Waals surface area contributed by atoms with E-state index < -0.39 is 21.8 Å². The Kier molecular flexibility index (Phi) is 6.55. The largest absolute Gasteiger partial charge is 0.465 e. The standard InChI is InChI=1S/C9H18N2O5S/c1-4-16-8(12)7-10-9(13)11(2)5-6-17(3,14)15/h4-7H2,1-3H3,(H,10,13). The Balaban J connectivity index is 3.94. The maximum absolute atomic E-state index is 11.4. The third kappa shape index (κ3) is 8.49. The predicted octanol–water partition coefficient (Wildman–Crippen LogP) is -0.764. The molecule has 0 aliphatic carbocycles. The van der Waals surface area contributed by atoms with Crippen molar-refractivity contribution in [2.45, 2.75) is 6.92 Å². The first kappa shape index (κ1) is 15.7. The maximum atomic E-state index is 11.4. The van der Waals surface area contributed by atoms with E-state index in [2.05, 4.69) is 10.1 Å². The van der Waals surface area contributed by atoms with E-state index in [-0.39, 0.29) is 25.4 Å². The Labute approximate surface area is 101 Å². The number of rotatable bonds is 6. The second-order valence-electron chi connectivity index (χ2n) is 3.52. The fourth-order valence-electron chi connectivity index (χ4n) is 0.899. The highest BCUT2D eigenvalue weighted by Crippen LogP contribution is 1.89. The molecule has 0 spiro atoms. The Morgan fingerprint density at radius 3 is 2.41 bits per heavy atom. The van der Waals surface area contributed by atoms with Gasteiger partial charge in [-0.15, -0.1) is 0 Å². The van der Waals surface area contributed by atoms with Crippen molar-refractivity contribution in [1.82, 2.24) is 10.2 Å². The number of urea groups is 1. The van der Waals surface area contributed by atoms with Crippen LogP contribution >= 0.6 is 0 Å². The zero-order valence-electron chi connectivity index (χ0n) is 10.2. The normalized spacial score (nSPS) is 10.8. The van der Waals surface area contributed by atoms with Crippen LogP contribution < -0.4 is 5.32 Å². The van der Waals surface area contributed by atoms with Gasteiger partial charge >= 0.3 is 12.0 Å². The lowest BCUT2D eigenvalue weighted by atomic mass is 10.6. The molecule has 0 aliphatic heterocycles. The Hall–Kier alpha value is -1.31. The average molecular weight is 266 g/mol. The molecule has 100 valence electrons. The lowest BCUT2D eigenvalue weighted by Gasteiger charge is -2.16. The fraction of sp³-hybridized carbons (Fsp3) is 0.778. The monoisotopic (exact) mass is 266 g/mol. The van der Waals surface area contributed by atoms with Crippen LogP contribution in [0.5, 0.6) is 0 Å². The van der Waals surface area contributed by atoms with Crippen molar-refractivity contribution < 1.29 is 22.7 Å². The molecule has 0 atom stereocenters. The van der Waals surface area contributed by atoms with Gasteiger partial charge in [-0.2, -0.15) is 0 Å². The minimum Gasteiger partial charge on any atom is -0.465 e. The van der Waals surface area contributed by atoms with Gasteiger partial charge in [0.15, 0.2) is 0 Å². The van der Waals surface area contributed by atoms with E-state index in [1.165, 1.54) is 11.9 Å². The van der Waals surface area contributed by atoms with Crippen molar-refractivity contribution in [1.29, 1.82) is 0 Å². The summed E-state index contributed by atoms with van der Waals surface area (Å²) >= 11 is 0. The molecular weight excluding hydrogens is 248 g/mol. The summed E-state index contributed by atoms with van der Waals surface area (Å²) in [5.41, 5.74) is 0. The van der Waals surface area contributed by atoms with Gasteiger partial charge in [-0.25, -0.2) is 13.2 Å². The lowest BCUT2D eigenvalue weighted by Crippen LogP contribution is -2.42. The lowest BCUT2D eigenvalue weighted by molar-refractivity contribution is -0.141. The fourth-order valence-corrected chi connectivity index (χ4v) is 1.50. The van der Waals surface area contributed by atoms with E-state index in [4.69, 9.17) is 0 Å². The van der Waals surface area contributed by atoms with Gasteiger partial charge in [-0.3, -0.25) is 4.79 Å². The molecule has 0 heterocycles. The molecule has 0 saturated carbocycles. The molecule has 0 radical (unpaired) electrons. The Morgan fingerprint density at radius 1 is 1.35 bits per heavy atom. The van der Waals surface area contributed by atoms with Crippen molar-refractivity contribution in [2.24, 2.45) is 0 Å². The van der Waals surface area contributed by atoms with E-state index in [0.29, 0.717) is 0 Å². The molecule has 0 bridgehead atoms. The van der Waals surface area contributed by atoms with Crippen molar-refractivity contribution in [3.63, 3.8) is 0 Å². The number of amides is 2. The molecule has 7 nitrogen and oxygen atoms in total. The SMILES string of the molecule is CCOC(=O)CNC(=O)N(C)CCS(C)(=O)=O. The second kappa shape index (κ2) is 7.10. The molecule has 0 unspecified atom stereocenters. The van der Waals surface area contributed by atoms with Crippen LogP contribution in [0.25, 0.3) is 0 Å². The summed E-state index contributed by atoms with van der Waals surface area (Å²) in [4.78, 5) is 23.5. The highest BCUT2D eigenvalue weighted by molar-refractivity contribution is 7.90. The Bertz CT molecular complexity index is 366. The number of hydrogen-bond acceptors (Lipinski definition) is 5. The van der Waals surface area contributed by atoms with Crippen LogP contribution in [0.4, 0.5) is 4.79 Å². The molecular formula is C9H18N2O5S. The van der Waals surface area contributed by atoms with Crippen LogP contribution in [0.1, 0.15) is 6.92 Å². The summed E-state index contributed by atoms with van der Waals surface area (Å²) in [6.45, 7) is 1.76. The highest BCUT2D eigenvalue weighted by Gasteiger charge is 2.12. The molecule has 0 aromatic rings. The quantitative estimate of drug-likeness (QED) is 0.638. The van der Waals surface area contributed by atoms with Gasteiger partial charge in [0.05, 0.1) is 12.4 Å². The summed E-state index contributed by atoms with van der Waals surface area (Å²) < 4.78 is 26.4. The number of esters is 1. The smallest absolute Gasteiger partial charge is 0.325 e. The molecule has 0 aromatic heterocycles. The third-order valence-corrected chi connectivity index (χ3v) is 2.76. The van der Waals surface area contributed by atoms with E-state index in [0.717, 1.165) is 6.26 Å². The molecule has 8 heteroatoms. The van der Waals surface area contributed by atoms with Crippen LogP contribution in [-0.2, 0) is 19.4 Å². The molecule has 0 saturated heterocycles. The average Bonchev–Trinajstić information content (AvgIpc) is 2.22. The van der Waals surface area contributed by atoms with E-state index in [9.17, 15) is 18.0 Å². The number of carbonyl (C=O) groups excluding carboxylic acids is 2. The zero-order valence-corrected chi connectivity index (χ0v) is 11.0. The van der Waals surface area contributed by atoms with Crippen molar-refractivity contribution in [2.75, 3.05) is 38.8 Å². The van der Waals surface area contributed by atoms with Gasteiger partial charge in [-0.1, -0.05) is 0 Å². The van der Waals surface area contributed by atoms with Gasteiger partial charge in [-0.05, 0) is 6.92 Å². The number of nitrogens with one attached hydrogen (secondary N) is 1. The number of nitrogens with zero attached hydrogens (tertiary/aromatic N) is 1. The van der Waals surface area contributed by atoms with Crippen LogP contribution in [0.15, 0.2) is 0 Å². The van der Waals surface area contributed by atoms with Crippen LogP contribution in [0.2, 0.25) is 0 Å². The molecule has 2 amide bonds. The summed E-state index contributed by atoms with van der Waals surface area (Å²) in [5.74, 6) is -0.645. The van der Waals surface area contributed by atoms with Crippen molar-refractivity contribution in [3.8, 4) is 0 Å². The topological polar surface area (TPSA) is 92.8 Å². The van der Waals surface area contributed by atoms with Crippen molar-refractivity contribution >= 4 is 21.8 Å². The number of sulfone groups is 1. The summed E-state index contributed by atoms with van der Waals surface area (Å²) in [6, 6.07) is -0.512. The van der Waals surface area contributed by atoms with Crippen LogP contribution in [0.3, 0.4) is 0 Å². The van der Waals surface area contributed by atoms with Crippen molar-refractivity contribution in [3.05, 3.63) is 0 Å². The van der Waals surface area contributed by atoms with Crippen LogP contribution in [0, 0.1) is 0 Å². The van der Waals surface area contributed by atoms with Gasteiger partial charge in [0.25, 0.3) is 0 Å². The molecule has 0 rings (SSSR count). The van der Waals surface area contributed by atoms with Crippen LogP contribution in [-0.4, -0.2) is 64.1 Å². The number of hydrogen-bond donors (Lipinski definition) is 1. The Morgan fingerprint density at radius 2 is 1.94 bits per heavy atom. The number of carbonyl (C=O) groups is 2. The molecule has 0 aromatic carbocycles. The maximum Gasteiger partial charge on any atom is 0.325 e. The molecule has 1 N–H and O–H groups in total. The van der Waals surface area contributed by atoms with E-state index in [1.807, 2.05) is 0 Å². The first-order valence-corrected chi connectivity index (χ1v) is 7.14. The van der Waals surface area contributed by atoms with E-state index >= 15 is 0 Å². The summed E-state index contributed by atoms with van der Waals surface area (Å²) in [6.07, 6.45) is 1.09. The molecule has 17 heavy (non-hydrogen) atoms. The first-order chi connectivity index (χ1) is 7.76. The van der Waals surface area contributed by atoms with Gasteiger partial charge in [0.1, 0.15) is 16.4 Å². The summed E-state index contributed by atoms with van der Waals surface area (Å²) in [7, 11) is -1.66. The zero-order chi connectivity index (χ0) is 13.5. The van der Waals surface area contributed by atoms with E-state index in [1.54, 1.807) is 6.92 Å². The van der Waals surface area contributed by atoms with Gasteiger partial charge < -0.3 is 15.0 Å². The minimum atomic E-state index is -3.11. The predicted molar refractivity (Wildman–Crippen MR) is 62.4 cm³/mol. The first-order valence-electron chi connectivity index (χ1n) is 5.08. The molecule has 0 fully saturated rings. The third-order valence-electron chi connectivity index (χ3n) is 1.83. The highest BCUT2D eigenvalue weighted by atomic mass is 32.2. The van der Waals surface area contributed by atoms with Gasteiger partial charge in [0.2, 0.25) is 0 Å². The molecule has 0 aliphatic rings. The van der Waals surface area contributed by atoms with Gasteiger partial charge in [0, 0.05) is 19.8 Å². The number of ether oxygens (including phenoxy) is 1.